The first-order valence-corrected chi connectivity index (χ1v) is 5.77. The molecule has 17 heavy (non-hydrogen) atoms. The van der Waals surface area contributed by atoms with Crippen molar-refractivity contribution >= 4 is 0 Å². The van der Waals surface area contributed by atoms with Gasteiger partial charge in [0.2, 0.25) is 0 Å². The van der Waals surface area contributed by atoms with Crippen molar-refractivity contribution in [2.45, 2.75) is 32.4 Å². The van der Waals surface area contributed by atoms with E-state index in [0.717, 1.165) is 5.56 Å². The molecule has 0 spiro atoms. The van der Waals surface area contributed by atoms with Gasteiger partial charge >= 0.3 is 0 Å². The number of ether oxygens (including phenoxy) is 1. The second kappa shape index (κ2) is 5.89. The number of phenols is 1. The van der Waals surface area contributed by atoms with Gasteiger partial charge < -0.3 is 20.3 Å². The molecule has 4 heteroatoms. The predicted molar refractivity (Wildman–Crippen MR) is 67.3 cm³/mol. The molecule has 0 aromatic heterocycles. The van der Waals surface area contributed by atoms with Gasteiger partial charge in [0, 0.05) is 13.1 Å². The van der Waals surface area contributed by atoms with Crippen LogP contribution >= 0.6 is 0 Å². The highest BCUT2D eigenvalue weighted by atomic mass is 16.5. The van der Waals surface area contributed by atoms with E-state index in [0.29, 0.717) is 25.3 Å². The summed E-state index contributed by atoms with van der Waals surface area (Å²) in [6, 6.07) is 5.27. The zero-order chi connectivity index (χ0) is 12.9. The molecule has 0 aliphatic rings. The number of benzene rings is 1. The van der Waals surface area contributed by atoms with Crippen LogP contribution in [0.15, 0.2) is 18.2 Å². The maximum Gasteiger partial charge on any atom is 0.160 e. The first-order valence-electron chi connectivity index (χ1n) is 5.77. The van der Waals surface area contributed by atoms with E-state index in [-0.39, 0.29) is 5.75 Å². The van der Waals surface area contributed by atoms with Gasteiger partial charge in [-0.15, -0.1) is 0 Å². The summed E-state index contributed by atoms with van der Waals surface area (Å²) in [4.78, 5) is 0. The van der Waals surface area contributed by atoms with Crippen LogP contribution in [0.25, 0.3) is 0 Å². The van der Waals surface area contributed by atoms with Crippen LogP contribution in [0.1, 0.15) is 25.8 Å². The summed E-state index contributed by atoms with van der Waals surface area (Å²) in [5, 5.41) is 22.6. The van der Waals surface area contributed by atoms with Crippen molar-refractivity contribution in [2.24, 2.45) is 0 Å². The monoisotopic (exact) mass is 239 g/mol. The molecule has 0 radical (unpaired) electrons. The number of aliphatic hydroxyl groups is 1. The number of aromatic hydroxyl groups is 1. The van der Waals surface area contributed by atoms with E-state index in [1.54, 1.807) is 19.1 Å². The van der Waals surface area contributed by atoms with Crippen molar-refractivity contribution in [3.05, 3.63) is 23.8 Å². The lowest BCUT2D eigenvalue weighted by Crippen LogP contribution is -2.36. The zero-order valence-corrected chi connectivity index (χ0v) is 10.7. The Morgan fingerprint density at radius 3 is 2.65 bits per heavy atom. The van der Waals surface area contributed by atoms with Crippen LogP contribution in [0.4, 0.5) is 0 Å². The molecule has 96 valence electrons. The van der Waals surface area contributed by atoms with Gasteiger partial charge in [-0.25, -0.2) is 0 Å². The molecular formula is C13H21NO3. The minimum absolute atomic E-state index is 0.133. The molecule has 1 atom stereocenters. The maximum absolute atomic E-state index is 9.81. The highest BCUT2D eigenvalue weighted by molar-refractivity contribution is 5.41. The van der Waals surface area contributed by atoms with Crippen LogP contribution < -0.4 is 10.1 Å². The fourth-order valence-electron chi connectivity index (χ4n) is 1.45. The van der Waals surface area contributed by atoms with Gasteiger partial charge in [0.15, 0.2) is 11.5 Å². The van der Waals surface area contributed by atoms with E-state index >= 15 is 0 Å². The molecule has 0 heterocycles. The number of methoxy groups -OCH3 is 1. The van der Waals surface area contributed by atoms with Gasteiger partial charge in [0.1, 0.15) is 0 Å². The van der Waals surface area contributed by atoms with E-state index in [2.05, 4.69) is 5.32 Å². The molecule has 3 N–H and O–H groups in total. The van der Waals surface area contributed by atoms with Gasteiger partial charge in [0.25, 0.3) is 0 Å². The lowest BCUT2D eigenvalue weighted by molar-refractivity contribution is 0.0555. The van der Waals surface area contributed by atoms with E-state index in [1.165, 1.54) is 7.11 Å². The minimum atomic E-state index is -0.686. The summed E-state index contributed by atoms with van der Waals surface area (Å²) >= 11 is 0. The lowest BCUT2D eigenvalue weighted by Gasteiger charge is -2.21. The Morgan fingerprint density at radius 2 is 2.12 bits per heavy atom. The SMILES string of the molecule is CCC(C)(O)CNCc1ccc(OC)c(O)c1. The smallest absolute Gasteiger partial charge is 0.160 e. The Kier molecular flexibility index (Phi) is 4.78. The van der Waals surface area contributed by atoms with Crippen LogP contribution in [-0.2, 0) is 6.54 Å². The van der Waals surface area contributed by atoms with Crippen LogP contribution in [0, 0.1) is 0 Å². The lowest BCUT2D eigenvalue weighted by atomic mass is 10.0. The van der Waals surface area contributed by atoms with Crippen molar-refractivity contribution in [3.8, 4) is 11.5 Å². The summed E-state index contributed by atoms with van der Waals surface area (Å²) in [6.45, 7) is 4.87. The van der Waals surface area contributed by atoms with Gasteiger partial charge in [-0.3, -0.25) is 0 Å². The number of nitrogens with one attached hydrogen (secondary N) is 1. The van der Waals surface area contributed by atoms with Gasteiger partial charge in [-0.1, -0.05) is 13.0 Å². The molecular weight excluding hydrogens is 218 g/mol. The standard InChI is InChI=1S/C13H21NO3/c1-4-13(2,16)9-14-8-10-5-6-12(17-3)11(15)7-10/h5-7,14-16H,4,8-9H2,1-3H3. The van der Waals surface area contributed by atoms with Crippen molar-refractivity contribution in [3.63, 3.8) is 0 Å². The molecule has 0 saturated carbocycles. The van der Waals surface area contributed by atoms with Crippen LogP contribution in [0.5, 0.6) is 11.5 Å². The fraction of sp³-hybridized carbons (Fsp3) is 0.538. The third-order valence-electron chi connectivity index (χ3n) is 2.84. The molecule has 1 aromatic carbocycles. The molecule has 1 rings (SSSR count). The summed E-state index contributed by atoms with van der Waals surface area (Å²) < 4.78 is 4.97. The summed E-state index contributed by atoms with van der Waals surface area (Å²) in [5.41, 5.74) is 0.268. The minimum Gasteiger partial charge on any atom is -0.504 e. The van der Waals surface area contributed by atoms with Crippen LogP contribution in [-0.4, -0.2) is 29.5 Å². The third-order valence-corrected chi connectivity index (χ3v) is 2.84. The molecule has 1 unspecified atom stereocenters. The van der Waals surface area contributed by atoms with Gasteiger partial charge in [-0.2, -0.15) is 0 Å². The summed E-state index contributed by atoms with van der Waals surface area (Å²) in [5.74, 6) is 0.600. The number of hydrogen-bond donors (Lipinski definition) is 3. The Balaban J connectivity index is 2.50. The number of hydrogen-bond acceptors (Lipinski definition) is 4. The van der Waals surface area contributed by atoms with E-state index in [9.17, 15) is 10.2 Å². The maximum atomic E-state index is 9.81. The first-order chi connectivity index (χ1) is 7.98. The molecule has 1 aromatic rings. The Bertz CT molecular complexity index is 364. The van der Waals surface area contributed by atoms with Crippen molar-refractivity contribution < 1.29 is 14.9 Å². The zero-order valence-electron chi connectivity index (χ0n) is 10.7. The average molecular weight is 239 g/mol. The highest BCUT2D eigenvalue weighted by Gasteiger charge is 2.16. The molecule has 0 bridgehead atoms. The molecule has 0 saturated heterocycles. The predicted octanol–water partition coefficient (Wildman–Crippen LogP) is 1.65. The average Bonchev–Trinajstić information content (AvgIpc) is 2.29. The summed E-state index contributed by atoms with van der Waals surface area (Å²) in [7, 11) is 1.52. The number of phenolic OH excluding ortho intramolecular Hbond substituents is 1. The van der Waals surface area contributed by atoms with Crippen LogP contribution in [0.2, 0.25) is 0 Å². The van der Waals surface area contributed by atoms with Crippen molar-refractivity contribution in [1.82, 2.24) is 5.32 Å². The van der Waals surface area contributed by atoms with Gasteiger partial charge in [0.05, 0.1) is 12.7 Å². The quantitative estimate of drug-likeness (QED) is 0.706. The summed E-state index contributed by atoms with van der Waals surface area (Å²) in [6.07, 6.45) is 0.702. The Hall–Kier alpha value is -1.26. The van der Waals surface area contributed by atoms with Crippen LogP contribution in [0.3, 0.4) is 0 Å². The topological polar surface area (TPSA) is 61.7 Å². The van der Waals surface area contributed by atoms with Crippen molar-refractivity contribution in [2.75, 3.05) is 13.7 Å². The van der Waals surface area contributed by atoms with E-state index in [4.69, 9.17) is 4.74 Å². The third kappa shape index (κ3) is 4.24. The fourth-order valence-corrected chi connectivity index (χ4v) is 1.45. The Labute approximate surface area is 102 Å². The normalized spacial score (nSPS) is 14.4. The Morgan fingerprint density at radius 1 is 1.41 bits per heavy atom. The molecule has 0 amide bonds. The van der Waals surface area contributed by atoms with E-state index < -0.39 is 5.60 Å². The molecule has 4 nitrogen and oxygen atoms in total. The molecule has 0 fully saturated rings. The van der Waals surface area contributed by atoms with Crippen molar-refractivity contribution in [1.29, 1.82) is 0 Å². The number of rotatable bonds is 6. The molecule has 0 aliphatic carbocycles. The largest absolute Gasteiger partial charge is 0.504 e. The second-order valence-corrected chi connectivity index (χ2v) is 4.46. The first kappa shape index (κ1) is 13.8. The second-order valence-electron chi connectivity index (χ2n) is 4.46. The van der Waals surface area contributed by atoms with Gasteiger partial charge in [-0.05, 0) is 31.0 Å². The van der Waals surface area contributed by atoms with E-state index in [1.807, 2.05) is 13.0 Å². The highest BCUT2D eigenvalue weighted by Crippen LogP contribution is 2.26. The molecule has 0 aliphatic heterocycles.